The third kappa shape index (κ3) is 2.81. The van der Waals surface area contributed by atoms with Crippen LogP contribution in [0.1, 0.15) is 6.92 Å². The van der Waals surface area contributed by atoms with Gasteiger partial charge in [-0.1, -0.05) is 30.3 Å². The molecule has 21 heavy (non-hydrogen) atoms. The summed E-state index contributed by atoms with van der Waals surface area (Å²) in [6.07, 6.45) is 0. The summed E-state index contributed by atoms with van der Waals surface area (Å²) < 4.78 is 10.8. The number of ether oxygens (including phenoxy) is 1. The maximum absolute atomic E-state index is 11.1. The van der Waals surface area contributed by atoms with Crippen molar-refractivity contribution < 1.29 is 13.9 Å². The fourth-order valence-corrected chi connectivity index (χ4v) is 1.92. The molecule has 0 aliphatic carbocycles. The lowest BCUT2D eigenvalue weighted by Crippen LogP contribution is -2.02. The van der Waals surface area contributed by atoms with Crippen molar-refractivity contribution in [2.75, 3.05) is 0 Å². The van der Waals surface area contributed by atoms with Crippen molar-refractivity contribution in [3.05, 3.63) is 54.6 Å². The lowest BCUT2D eigenvalue weighted by molar-refractivity contribution is -0.131. The highest BCUT2D eigenvalue weighted by Gasteiger charge is 2.15. The molecule has 0 radical (unpaired) electrons. The van der Waals surface area contributed by atoms with E-state index in [0.717, 1.165) is 5.56 Å². The number of hydrogen-bond donors (Lipinski definition) is 0. The molecule has 0 fully saturated rings. The van der Waals surface area contributed by atoms with Crippen molar-refractivity contribution in [1.29, 1.82) is 0 Å². The zero-order valence-electron chi connectivity index (χ0n) is 11.3. The van der Waals surface area contributed by atoms with E-state index in [1.807, 2.05) is 36.4 Å². The average Bonchev–Trinajstić information content (AvgIpc) is 2.98. The Hall–Kier alpha value is -2.95. The third-order valence-electron chi connectivity index (χ3n) is 2.82. The SMILES string of the molecule is CC(=O)Oc1ccccc1-c1nnc(-c2ccccc2)o1. The Kier molecular flexibility index (Phi) is 3.47. The minimum Gasteiger partial charge on any atom is -0.426 e. The first-order valence-corrected chi connectivity index (χ1v) is 6.41. The van der Waals surface area contributed by atoms with Gasteiger partial charge in [-0.3, -0.25) is 4.79 Å². The molecule has 3 rings (SSSR count). The van der Waals surface area contributed by atoms with Gasteiger partial charge in [-0.15, -0.1) is 10.2 Å². The molecule has 0 aliphatic heterocycles. The lowest BCUT2D eigenvalue weighted by atomic mass is 10.2. The standard InChI is InChI=1S/C16H12N2O3/c1-11(19)20-14-10-6-5-9-13(14)16-18-17-15(21-16)12-7-3-2-4-8-12/h2-10H,1H3. The number of esters is 1. The first-order chi connectivity index (χ1) is 10.2. The Labute approximate surface area is 121 Å². The van der Waals surface area contributed by atoms with E-state index in [0.29, 0.717) is 23.1 Å². The lowest BCUT2D eigenvalue weighted by Gasteiger charge is -2.04. The molecular weight excluding hydrogens is 268 g/mol. The van der Waals surface area contributed by atoms with Crippen molar-refractivity contribution >= 4 is 5.97 Å². The van der Waals surface area contributed by atoms with E-state index in [-0.39, 0.29) is 0 Å². The van der Waals surface area contributed by atoms with Crippen LogP contribution >= 0.6 is 0 Å². The summed E-state index contributed by atoms with van der Waals surface area (Å²) in [7, 11) is 0. The number of benzene rings is 2. The maximum Gasteiger partial charge on any atom is 0.308 e. The molecule has 0 saturated carbocycles. The highest BCUT2D eigenvalue weighted by atomic mass is 16.5. The zero-order valence-corrected chi connectivity index (χ0v) is 11.3. The van der Waals surface area contributed by atoms with Gasteiger partial charge in [-0.25, -0.2) is 0 Å². The van der Waals surface area contributed by atoms with E-state index in [1.54, 1.807) is 18.2 Å². The van der Waals surface area contributed by atoms with Crippen LogP contribution in [0, 0.1) is 0 Å². The van der Waals surface area contributed by atoms with Crippen molar-refractivity contribution in [3.8, 4) is 28.7 Å². The Balaban J connectivity index is 1.99. The molecule has 3 aromatic rings. The predicted molar refractivity (Wildman–Crippen MR) is 76.5 cm³/mol. The summed E-state index contributed by atoms with van der Waals surface area (Å²) in [5.41, 5.74) is 1.42. The van der Waals surface area contributed by atoms with Crippen molar-refractivity contribution in [2.24, 2.45) is 0 Å². The summed E-state index contributed by atoms with van der Waals surface area (Å²) in [6.45, 7) is 1.35. The van der Waals surface area contributed by atoms with Crippen LogP contribution in [0.15, 0.2) is 59.0 Å². The highest BCUT2D eigenvalue weighted by Crippen LogP contribution is 2.30. The number of hydrogen-bond acceptors (Lipinski definition) is 5. The Morgan fingerprint density at radius 1 is 0.952 bits per heavy atom. The summed E-state index contributed by atoms with van der Waals surface area (Å²) in [5, 5.41) is 8.05. The van der Waals surface area contributed by atoms with Crippen molar-refractivity contribution in [1.82, 2.24) is 10.2 Å². The van der Waals surface area contributed by atoms with Crippen LogP contribution in [0.2, 0.25) is 0 Å². The summed E-state index contributed by atoms with van der Waals surface area (Å²) >= 11 is 0. The molecule has 0 N–H and O–H groups in total. The third-order valence-corrected chi connectivity index (χ3v) is 2.82. The van der Waals surface area contributed by atoms with Crippen LogP contribution < -0.4 is 4.74 Å². The van der Waals surface area contributed by atoms with Gasteiger partial charge in [0.1, 0.15) is 5.75 Å². The number of carbonyl (C=O) groups excluding carboxylic acids is 1. The molecule has 0 saturated heterocycles. The maximum atomic E-state index is 11.1. The second-order valence-corrected chi connectivity index (χ2v) is 4.37. The summed E-state index contributed by atoms with van der Waals surface area (Å²) in [6, 6.07) is 16.5. The van der Waals surface area contributed by atoms with Gasteiger partial charge in [-0.05, 0) is 24.3 Å². The fraction of sp³-hybridized carbons (Fsp3) is 0.0625. The second kappa shape index (κ2) is 5.58. The number of carbonyl (C=O) groups is 1. The summed E-state index contributed by atoms with van der Waals surface area (Å²) in [5.74, 6) is 0.729. The zero-order chi connectivity index (χ0) is 14.7. The van der Waals surface area contributed by atoms with Gasteiger partial charge >= 0.3 is 5.97 Å². The molecule has 2 aromatic carbocycles. The normalized spacial score (nSPS) is 10.3. The highest BCUT2D eigenvalue weighted by molar-refractivity contribution is 5.74. The molecule has 0 amide bonds. The molecule has 1 aromatic heterocycles. The number of nitrogens with zero attached hydrogens (tertiary/aromatic N) is 2. The van der Waals surface area contributed by atoms with E-state index < -0.39 is 5.97 Å². The van der Waals surface area contributed by atoms with E-state index in [2.05, 4.69) is 10.2 Å². The quantitative estimate of drug-likeness (QED) is 0.544. The van der Waals surface area contributed by atoms with Crippen LogP contribution in [0.3, 0.4) is 0 Å². The van der Waals surface area contributed by atoms with Gasteiger partial charge in [0, 0.05) is 12.5 Å². The number of aromatic nitrogens is 2. The van der Waals surface area contributed by atoms with Crippen molar-refractivity contribution in [3.63, 3.8) is 0 Å². The van der Waals surface area contributed by atoms with Gasteiger partial charge in [0.15, 0.2) is 0 Å². The van der Waals surface area contributed by atoms with Gasteiger partial charge in [-0.2, -0.15) is 0 Å². The molecule has 1 heterocycles. The van der Waals surface area contributed by atoms with E-state index in [9.17, 15) is 4.79 Å². The van der Waals surface area contributed by atoms with Crippen molar-refractivity contribution in [2.45, 2.75) is 6.92 Å². The Morgan fingerprint density at radius 2 is 1.62 bits per heavy atom. The minimum absolute atomic E-state index is 0.311. The second-order valence-electron chi connectivity index (χ2n) is 4.37. The van der Waals surface area contributed by atoms with Crippen LogP contribution in [-0.2, 0) is 4.79 Å². The van der Waals surface area contributed by atoms with E-state index in [4.69, 9.17) is 9.15 Å². The van der Waals surface area contributed by atoms with Gasteiger partial charge in [0.2, 0.25) is 5.89 Å². The summed E-state index contributed by atoms with van der Waals surface area (Å²) in [4.78, 5) is 11.1. The Morgan fingerprint density at radius 3 is 2.38 bits per heavy atom. The first-order valence-electron chi connectivity index (χ1n) is 6.41. The van der Waals surface area contributed by atoms with Crippen LogP contribution in [-0.4, -0.2) is 16.2 Å². The van der Waals surface area contributed by atoms with Crippen LogP contribution in [0.5, 0.6) is 5.75 Å². The van der Waals surface area contributed by atoms with Crippen LogP contribution in [0.4, 0.5) is 0 Å². The van der Waals surface area contributed by atoms with Gasteiger partial charge < -0.3 is 9.15 Å². The molecule has 0 bridgehead atoms. The van der Waals surface area contributed by atoms with Gasteiger partial charge in [0.05, 0.1) is 5.56 Å². The molecule has 0 atom stereocenters. The minimum atomic E-state index is -0.398. The van der Waals surface area contributed by atoms with Crippen LogP contribution in [0.25, 0.3) is 22.9 Å². The topological polar surface area (TPSA) is 65.2 Å². The number of para-hydroxylation sites is 1. The Bertz CT molecular complexity index is 766. The molecule has 0 aliphatic rings. The largest absolute Gasteiger partial charge is 0.426 e. The van der Waals surface area contributed by atoms with Gasteiger partial charge in [0.25, 0.3) is 5.89 Å². The smallest absolute Gasteiger partial charge is 0.308 e. The average molecular weight is 280 g/mol. The molecule has 5 heteroatoms. The monoisotopic (exact) mass is 280 g/mol. The number of rotatable bonds is 3. The molecule has 0 unspecified atom stereocenters. The first kappa shape index (κ1) is 13.1. The van der Waals surface area contributed by atoms with E-state index in [1.165, 1.54) is 6.92 Å². The van der Waals surface area contributed by atoms with E-state index >= 15 is 0 Å². The molecule has 0 spiro atoms. The predicted octanol–water partition coefficient (Wildman–Crippen LogP) is 3.33. The molecular formula is C16H12N2O3. The fourth-order valence-electron chi connectivity index (χ4n) is 1.92. The molecule has 104 valence electrons. The molecule has 5 nitrogen and oxygen atoms in total.